The minimum atomic E-state index is -0.135. The topological polar surface area (TPSA) is 68.5 Å². The Morgan fingerprint density at radius 3 is 2.96 bits per heavy atom. The highest BCUT2D eigenvalue weighted by Gasteiger charge is 2.32. The van der Waals surface area contributed by atoms with Crippen LogP contribution in [0, 0.1) is 0 Å². The molecular formula is C18H23N3O3. The zero-order chi connectivity index (χ0) is 16.8. The van der Waals surface area contributed by atoms with E-state index in [9.17, 15) is 4.79 Å². The summed E-state index contributed by atoms with van der Waals surface area (Å²) >= 11 is 0. The Morgan fingerprint density at radius 2 is 2.17 bits per heavy atom. The molecular weight excluding hydrogens is 306 g/mol. The maximum atomic E-state index is 12.6. The zero-order valence-corrected chi connectivity index (χ0v) is 14.0. The van der Waals surface area contributed by atoms with E-state index in [1.165, 1.54) is 0 Å². The molecule has 0 unspecified atom stereocenters. The van der Waals surface area contributed by atoms with E-state index in [2.05, 4.69) is 17.1 Å². The monoisotopic (exact) mass is 329 g/mol. The van der Waals surface area contributed by atoms with Gasteiger partial charge in [-0.25, -0.2) is 0 Å². The Bertz CT molecular complexity index is 657. The normalized spacial score (nSPS) is 17.7. The van der Waals surface area contributed by atoms with Crippen LogP contribution >= 0.6 is 0 Å². The molecule has 24 heavy (non-hydrogen) atoms. The summed E-state index contributed by atoms with van der Waals surface area (Å²) in [4.78, 5) is 18.9. The van der Waals surface area contributed by atoms with Gasteiger partial charge >= 0.3 is 0 Å². The van der Waals surface area contributed by atoms with Crippen LogP contribution in [0.15, 0.2) is 34.9 Å². The van der Waals surface area contributed by atoms with Gasteiger partial charge in [-0.2, -0.15) is 4.98 Å². The summed E-state index contributed by atoms with van der Waals surface area (Å²) in [6.45, 7) is 2.80. The highest BCUT2D eigenvalue weighted by Crippen LogP contribution is 2.30. The quantitative estimate of drug-likeness (QED) is 0.814. The van der Waals surface area contributed by atoms with Crippen molar-refractivity contribution >= 4 is 5.91 Å². The summed E-state index contributed by atoms with van der Waals surface area (Å²) in [5.41, 5.74) is 0. The van der Waals surface area contributed by atoms with Crippen LogP contribution in [0.4, 0.5) is 0 Å². The molecule has 1 aromatic heterocycles. The lowest BCUT2D eigenvalue weighted by Gasteiger charge is -2.33. The second-order valence-electron chi connectivity index (χ2n) is 6.00. The molecule has 1 fully saturated rings. The van der Waals surface area contributed by atoms with E-state index in [4.69, 9.17) is 9.26 Å². The largest absolute Gasteiger partial charge is 0.484 e. The van der Waals surface area contributed by atoms with Crippen molar-refractivity contribution in [2.75, 3.05) is 13.2 Å². The number of hydrogen-bond acceptors (Lipinski definition) is 5. The van der Waals surface area contributed by atoms with Crippen LogP contribution in [-0.2, 0) is 11.2 Å². The number of benzene rings is 1. The van der Waals surface area contributed by atoms with Crippen LogP contribution in [0.25, 0.3) is 0 Å². The van der Waals surface area contributed by atoms with Crippen molar-refractivity contribution in [1.29, 1.82) is 0 Å². The van der Waals surface area contributed by atoms with Gasteiger partial charge in [-0.1, -0.05) is 30.3 Å². The van der Waals surface area contributed by atoms with E-state index in [-0.39, 0.29) is 18.6 Å². The number of aromatic nitrogens is 2. The van der Waals surface area contributed by atoms with Crippen LogP contribution in [-0.4, -0.2) is 34.1 Å². The second-order valence-corrected chi connectivity index (χ2v) is 6.00. The third kappa shape index (κ3) is 3.93. The predicted octanol–water partition coefficient (Wildman–Crippen LogP) is 3.15. The van der Waals surface area contributed by atoms with E-state index in [0.717, 1.165) is 32.1 Å². The molecule has 0 radical (unpaired) electrons. The van der Waals surface area contributed by atoms with E-state index in [0.29, 0.717) is 24.0 Å². The number of carbonyl (C=O) groups excluding carboxylic acids is 1. The zero-order valence-electron chi connectivity index (χ0n) is 14.0. The van der Waals surface area contributed by atoms with Crippen molar-refractivity contribution < 1.29 is 14.1 Å². The lowest BCUT2D eigenvalue weighted by atomic mass is 10.0. The van der Waals surface area contributed by atoms with Gasteiger partial charge in [0.2, 0.25) is 5.89 Å². The van der Waals surface area contributed by atoms with E-state index >= 15 is 0 Å². The number of ether oxygens (including phenoxy) is 1. The first kappa shape index (κ1) is 16.5. The SMILES string of the molecule is CCCc1noc([C@@H]2CCCCN2C(=O)COc2ccccc2)n1. The number of piperidine rings is 1. The van der Waals surface area contributed by atoms with Gasteiger partial charge in [0.05, 0.1) is 0 Å². The number of aryl methyl sites for hydroxylation is 1. The molecule has 1 amide bonds. The maximum absolute atomic E-state index is 12.6. The van der Waals surface area contributed by atoms with Gasteiger partial charge in [0.15, 0.2) is 12.4 Å². The first-order chi connectivity index (χ1) is 11.8. The Labute approximate surface area is 141 Å². The molecule has 2 aromatic rings. The first-order valence-electron chi connectivity index (χ1n) is 8.57. The minimum Gasteiger partial charge on any atom is -0.484 e. The molecule has 0 saturated carbocycles. The Kier molecular flexibility index (Phi) is 5.46. The summed E-state index contributed by atoms with van der Waals surface area (Å²) in [6, 6.07) is 9.24. The molecule has 0 bridgehead atoms. The van der Waals surface area contributed by atoms with Crippen LogP contribution in [0.3, 0.4) is 0 Å². The lowest BCUT2D eigenvalue weighted by molar-refractivity contribution is -0.138. The molecule has 6 nitrogen and oxygen atoms in total. The number of carbonyl (C=O) groups is 1. The number of nitrogens with zero attached hydrogens (tertiary/aromatic N) is 3. The summed E-state index contributed by atoms with van der Waals surface area (Å²) in [7, 11) is 0. The van der Waals surface area contributed by atoms with Crippen molar-refractivity contribution in [2.24, 2.45) is 0 Å². The lowest BCUT2D eigenvalue weighted by Crippen LogP contribution is -2.41. The van der Waals surface area contributed by atoms with E-state index in [1.807, 2.05) is 35.2 Å². The Hall–Kier alpha value is -2.37. The van der Waals surface area contributed by atoms with Crippen molar-refractivity contribution in [3.8, 4) is 5.75 Å². The number of likely N-dealkylation sites (tertiary alicyclic amines) is 1. The molecule has 1 aliphatic heterocycles. The van der Waals surface area contributed by atoms with Crippen molar-refractivity contribution in [3.05, 3.63) is 42.0 Å². The first-order valence-corrected chi connectivity index (χ1v) is 8.57. The van der Waals surface area contributed by atoms with Gasteiger partial charge in [-0.05, 0) is 37.8 Å². The fourth-order valence-corrected chi connectivity index (χ4v) is 2.96. The average Bonchev–Trinajstić information content (AvgIpc) is 3.09. The van der Waals surface area contributed by atoms with Crippen molar-refractivity contribution in [1.82, 2.24) is 15.0 Å². The van der Waals surface area contributed by atoms with E-state index in [1.54, 1.807) is 0 Å². The summed E-state index contributed by atoms with van der Waals surface area (Å²) < 4.78 is 11.0. The summed E-state index contributed by atoms with van der Waals surface area (Å²) in [6.07, 6.45) is 4.66. The maximum Gasteiger partial charge on any atom is 0.261 e. The number of hydrogen-bond donors (Lipinski definition) is 0. The molecule has 0 N–H and O–H groups in total. The third-order valence-corrected chi connectivity index (χ3v) is 4.17. The number of amides is 1. The van der Waals surface area contributed by atoms with Gasteiger partial charge in [0.25, 0.3) is 5.91 Å². The number of para-hydroxylation sites is 1. The van der Waals surface area contributed by atoms with Crippen LogP contribution < -0.4 is 4.74 Å². The number of rotatable bonds is 6. The smallest absolute Gasteiger partial charge is 0.261 e. The molecule has 1 atom stereocenters. The van der Waals surface area contributed by atoms with Crippen molar-refractivity contribution in [3.63, 3.8) is 0 Å². The van der Waals surface area contributed by atoms with Crippen LogP contribution in [0.5, 0.6) is 5.75 Å². The van der Waals surface area contributed by atoms with E-state index < -0.39 is 0 Å². The second kappa shape index (κ2) is 7.95. The highest BCUT2D eigenvalue weighted by molar-refractivity contribution is 5.78. The molecule has 3 rings (SSSR count). The van der Waals surface area contributed by atoms with Gasteiger partial charge in [0.1, 0.15) is 11.8 Å². The van der Waals surface area contributed by atoms with Gasteiger partial charge < -0.3 is 14.2 Å². The molecule has 6 heteroatoms. The van der Waals surface area contributed by atoms with Crippen molar-refractivity contribution in [2.45, 2.75) is 45.1 Å². The molecule has 1 aliphatic rings. The molecule has 0 aliphatic carbocycles. The fraction of sp³-hybridized carbons (Fsp3) is 0.500. The standard InChI is InChI=1S/C18H23N3O3/c1-2-8-16-19-18(24-20-16)15-11-6-7-12-21(15)17(22)13-23-14-9-4-3-5-10-14/h3-5,9-10,15H,2,6-8,11-13H2,1H3/t15-/m0/s1. The average molecular weight is 329 g/mol. The van der Waals surface area contributed by atoms with Gasteiger partial charge in [-0.15, -0.1) is 0 Å². The summed E-state index contributed by atoms with van der Waals surface area (Å²) in [5, 5.41) is 4.01. The predicted molar refractivity (Wildman–Crippen MR) is 88.5 cm³/mol. The molecule has 2 heterocycles. The minimum absolute atomic E-state index is 0.0243. The molecule has 128 valence electrons. The van der Waals surface area contributed by atoms with Gasteiger partial charge in [0, 0.05) is 13.0 Å². The van der Waals surface area contributed by atoms with Crippen LogP contribution in [0.1, 0.15) is 50.4 Å². The third-order valence-electron chi connectivity index (χ3n) is 4.17. The van der Waals surface area contributed by atoms with Crippen LogP contribution in [0.2, 0.25) is 0 Å². The summed E-state index contributed by atoms with van der Waals surface area (Å²) in [5.74, 6) is 1.92. The van der Waals surface area contributed by atoms with Gasteiger partial charge in [-0.3, -0.25) is 4.79 Å². The Balaban J connectivity index is 1.65. The molecule has 1 saturated heterocycles. The Morgan fingerprint density at radius 1 is 1.33 bits per heavy atom. The molecule has 1 aromatic carbocycles. The fourth-order valence-electron chi connectivity index (χ4n) is 2.96. The molecule has 0 spiro atoms. The highest BCUT2D eigenvalue weighted by atomic mass is 16.5.